The Morgan fingerprint density at radius 2 is 1.86 bits per heavy atom. The summed E-state index contributed by atoms with van der Waals surface area (Å²) in [6.45, 7) is 2.12. The second-order valence-electron chi connectivity index (χ2n) is 5.14. The maximum absolute atomic E-state index is 12.2. The van der Waals surface area contributed by atoms with Crippen LogP contribution in [0, 0.1) is 0 Å². The predicted molar refractivity (Wildman–Crippen MR) is 97.0 cm³/mol. The zero-order chi connectivity index (χ0) is 15.9. The molecule has 2 nitrogen and oxygen atoms in total. The Morgan fingerprint density at radius 1 is 1.14 bits per heavy atom. The molecule has 2 rings (SSSR count). The van der Waals surface area contributed by atoms with Crippen LogP contribution >= 0.6 is 11.8 Å². The largest absolute Gasteiger partial charge is 0.378 e. The van der Waals surface area contributed by atoms with Crippen LogP contribution in [0.2, 0.25) is 0 Å². The van der Waals surface area contributed by atoms with Crippen LogP contribution in [0.1, 0.15) is 22.8 Å². The zero-order valence-electron chi connectivity index (χ0n) is 13.2. The molecule has 2 aromatic rings. The van der Waals surface area contributed by atoms with Crippen molar-refractivity contribution in [2.45, 2.75) is 11.8 Å². The number of hydrogen-bond donors (Lipinski definition) is 0. The maximum Gasteiger partial charge on any atom is 0.185 e. The lowest BCUT2D eigenvalue weighted by molar-refractivity contribution is 0.104. The monoisotopic (exact) mass is 311 g/mol. The molecule has 0 saturated carbocycles. The molecule has 3 heteroatoms. The Labute approximate surface area is 136 Å². The van der Waals surface area contributed by atoms with Gasteiger partial charge in [0.2, 0.25) is 0 Å². The molecule has 0 radical (unpaired) electrons. The van der Waals surface area contributed by atoms with Crippen LogP contribution in [0.4, 0.5) is 5.69 Å². The lowest BCUT2D eigenvalue weighted by atomic mass is 10.1. The van der Waals surface area contributed by atoms with Crippen LogP contribution in [0.25, 0.3) is 6.08 Å². The number of hydrogen-bond acceptors (Lipinski definition) is 3. The van der Waals surface area contributed by atoms with Crippen molar-refractivity contribution >= 4 is 29.3 Å². The lowest BCUT2D eigenvalue weighted by Gasteiger charge is -2.12. The number of benzene rings is 2. The second-order valence-corrected chi connectivity index (χ2v) is 6.48. The molecule has 0 bridgehead atoms. The highest BCUT2D eigenvalue weighted by Crippen LogP contribution is 2.18. The Balaban J connectivity index is 2.09. The zero-order valence-corrected chi connectivity index (χ0v) is 14.1. The lowest BCUT2D eigenvalue weighted by Crippen LogP contribution is -2.08. The van der Waals surface area contributed by atoms with Gasteiger partial charge in [-0.05, 0) is 53.8 Å². The number of anilines is 1. The third-order valence-electron chi connectivity index (χ3n) is 3.26. The molecule has 0 fully saturated rings. The predicted octanol–water partition coefficient (Wildman–Crippen LogP) is 4.76. The molecule has 0 aliphatic rings. The highest BCUT2D eigenvalue weighted by atomic mass is 32.2. The molecule has 0 aliphatic carbocycles. The van der Waals surface area contributed by atoms with Crippen molar-refractivity contribution in [2.75, 3.05) is 24.7 Å². The molecule has 0 heterocycles. The summed E-state index contributed by atoms with van der Waals surface area (Å²) in [5.41, 5.74) is 2.87. The molecule has 0 amide bonds. The minimum atomic E-state index is 0.0308. The molecular formula is C19H21NOS. The number of nitrogens with zero attached hydrogens (tertiary/aromatic N) is 1. The summed E-state index contributed by atoms with van der Waals surface area (Å²) in [6.07, 6.45) is 3.50. The topological polar surface area (TPSA) is 20.3 Å². The first kappa shape index (κ1) is 16.4. The minimum absolute atomic E-state index is 0.0308. The van der Waals surface area contributed by atoms with E-state index < -0.39 is 0 Å². The number of carbonyl (C=O) groups is 1. The first-order valence-electron chi connectivity index (χ1n) is 7.33. The summed E-state index contributed by atoms with van der Waals surface area (Å²) >= 11 is 1.78. The molecule has 0 unspecified atom stereocenters. The fourth-order valence-corrected chi connectivity index (χ4v) is 2.72. The van der Waals surface area contributed by atoms with Gasteiger partial charge in [0, 0.05) is 30.2 Å². The van der Waals surface area contributed by atoms with Gasteiger partial charge in [-0.2, -0.15) is 0 Å². The summed E-state index contributed by atoms with van der Waals surface area (Å²) in [4.78, 5) is 15.4. The Hall–Kier alpha value is -2.00. The Kier molecular flexibility index (Phi) is 5.84. The van der Waals surface area contributed by atoms with Gasteiger partial charge >= 0.3 is 0 Å². The molecule has 114 valence electrons. The number of ketones is 1. The van der Waals surface area contributed by atoms with Crippen LogP contribution in [0.15, 0.2) is 59.5 Å². The van der Waals surface area contributed by atoms with E-state index in [1.807, 2.05) is 67.5 Å². The molecule has 2 aromatic carbocycles. The Morgan fingerprint density at radius 3 is 2.50 bits per heavy atom. The summed E-state index contributed by atoms with van der Waals surface area (Å²) in [5.74, 6) is 1.07. The molecule has 0 spiro atoms. The van der Waals surface area contributed by atoms with E-state index in [-0.39, 0.29) is 5.78 Å². The van der Waals surface area contributed by atoms with E-state index in [4.69, 9.17) is 0 Å². The maximum atomic E-state index is 12.2. The van der Waals surface area contributed by atoms with Crippen molar-refractivity contribution in [3.63, 3.8) is 0 Å². The van der Waals surface area contributed by atoms with E-state index in [9.17, 15) is 4.79 Å². The normalized spacial score (nSPS) is 10.9. The SMILES string of the molecule is CCSc1ccc(C(=O)C=Cc2cccc(N(C)C)c2)cc1. The van der Waals surface area contributed by atoms with Crippen molar-refractivity contribution in [3.8, 4) is 0 Å². The average Bonchev–Trinajstić information content (AvgIpc) is 2.54. The third-order valence-corrected chi connectivity index (χ3v) is 4.16. The van der Waals surface area contributed by atoms with E-state index in [2.05, 4.69) is 13.0 Å². The van der Waals surface area contributed by atoms with Gasteiger partial charge in [-0.1, -0.05) is 25.1 Å². The smallest absolute Gasteiger partial charge is 0.185 e. The van der Waals surface area contributed by atoms with Crippen LogP contribution in [0.3, 0.4) is 0 Å². The number of rotatable bonds is 6. The third kappa shape index (κ3) is 4.50. The summed E-state index contributed by atoms with van der Waals surface area (Å²) in [5, 5.41) is 0. The molecule has 22 heavy (non-hydrogen) atoms. The van der Waals surface area contributed by atoms with Gasteiger partial charge in [0.05, 0.1) is 0 Å². The fraction of sp³-hybridized carbons (Fsp3) is 0.211. The van der Waals surface area contributed by atoms with E-state index in [0.717, 1.165) is 22.6 Å². The quantitative estimate of drug-likeness (QED) is 0.436. The van der Waals surface area contributed by atoms with E-state index in [1.165, 1.54) is 4.90 Å². The van der Waals surface area contributed by atoms with Crippen LogP contribution < -0.4 is 4.90 Å². The minimum Gasteiger partial charge on any atom is -0.378 e. The van der Waals surface area contributed by atoms with Gasteiger partial charge in [-0.3, -0.25) is 4.79 Å². The van der Waals surface area contributed by atoms with E-state index in [0.29, 0.717) is 0 Å². The van der Waals surface area contributed by atoms with Crippen LogP contribution in [0.5, 0.6) is 0 Å². The Bertz CT molecular complexity index is 659. The average molecular weight is 311 g/mol. The second kappa shape index (κ2) is 7.85. The van der Waals surface area contributed by atoms with Gasteiger partial charge in [-0.25, -0.2) is 0 Å². The van der Waals surface area contributed by atoms with Gasteiger partial charge in [0.1, 0.15) is 0 Å². The fourth-order valence-electron chi connectivity index (χ4n) is 2.06. The molecule has 0 saturated heterocycles. The number of thioether (sulfide) groups is 1. The van der Waals surface area contributed by atoms with Crippen molar-refractivity contribution in [1.29, 1.82) is 0 Å². The van der Waals surface area contributed by atoms with Crippen molar-refractivity contribution in [1.82, 2.24) is 0 Å². The standard InChI is InChI=1S/C19H21NOS/c1-4-22-18-11-9-16(10-12-18)19(21)13-8-15-6-5-7-17(14-15)20(2)3/h5-14H,4H2,1-3H3. The molecule has 0 N–H and O–H groups in total. The number of allylic oxidation sites excluding steroid dienone is 1. The molecule has 0 atom stereocenters. The van der Waals surface area contributed by atoms with Gasteiger partial charge in [-0.15, -0.1) is 11.8 Å². The van der Waals surface area contributed by atoms with E-state index in [1.54, 1.807) is 17.8 Å². The van der Waals surface area contributed by atoms with Gasteiger partial charge in [0.15, 0.2) is 5.78 Å². The highest BCUT2D eigenvalue weighted by molar-refractivity contribution is 7.99. The van der Waals surface area contributed by atoms with Crippen molar-refractivity contribution < 1.29 is 4.79 Å². The summed E-state index contributed by atoms with van der Waals surface area (Å²) < 4.78 is 0. The van der Waals surface area contributed by atoms with Crippen LogP contribution in [-0.4, -0.2) is 25.6 Å². The molecular weight excluding hydrogens is 290 g/mol. The summed E-state index contributed by atoms with van der Waals surface area (Å²) in [7, 11) is 4.01. The van der Waals surface area contributed by atoms with Crippen molar-refractivity contribution in [2.24, 2.45) is 0 Å². The van der Waals surface area contributed by atoms with Gasteiger partial charge in [0.25, 0.3) is 0 Å². The highest BCUT2D eigenvalue weighted by Gasteiger charge is 2.02. The molecule has 0 aliphatic heterocycles. The first-order valence-corrected chi connectivity index (χ1v) is 8.31. The first-order chi connectivity index (χ1) is 10.6. The van der Waals surface area contributed by atoms with Crippen molar-refractivity contribution in [3.05, 3.63) is 65.7 Å². The van der Waals surface area contributed by atoms with E-state index >= 15 is 0 Å². The molecule has 0 aromatic heterocycles. The van der Waals surface area contributed by atoms with Gasteiger partial charge < -0.3 is 4.90 Å². The number of carbonyl (C=O) groups excluding carboxylic acids is 1. The summed E-state index contributed by atoms with van der Waals surface area (Å²) in [6, 6.07) is 15.9. The van der Waals surface area contributed by atoms with Crippen LogP contribution in [-0.2, 0) is 0 Å².